The quantitative estimate of drug-likeness (QED) is 0.940. The van der Waals surface area contributed by atoms with E-state index in [0.29, 0.717) is 11.5 Å². The highest BCUT2D eigenvalue weighted by Gasteiger charge is 2.04. The van der Waals surface area contributed by atoms with E-state index < -0.39 is 5.91 Å². The van der Waals surface area contributed by atoms with Crippen LogP contribution in [0.25, 0.3) is 0 Å². The maximum Gasteiger partial charge on any atom is 0.267 e. The fourth-order valence-corrected chi connectivity index (χ4v) is 1.54. The largest absolute Gasteiger partial charge is 0.456 e. The van der Waals surface area contributed by atoms with Crippen LogP contribution in [0.3, 0.4) is 0 Å². The normalized spacial score (nSPS) is 9.94. The highest BCUT2D eigenvalue weighted by atomic mass is 79.9. The third kappa shape index (κ3) is 3.01. The summed E-state index contributed by atoms with van der Waals surface area (Å²) in [4.78, 5) is 18.7. The Morgan fingerprint density at radius 1 is 1.29 bits per heavy atom. The van der Waals surface area contributed by atoms with Crippen molar-refractivity contribution in [3.8, 4) is 11.5 Å². The first-order chi connectivity index (χ1) is 8.15. The monoisotopic (exact) mass is 293 g/mol. The number of primary amides is 1. The number of halogens is 1. The van der Waals surface area contributed by atoms with Crippen LogP contribution in [0.5, 0.6) is 11.5 Å². The second kappa shape index (κ2) is 4.92. The molecule has 86 valence electrons. The first-order valence-corrected chi connectivity index (χ1v) is 5.49. The minimum atomic E-state index is -0.595. The Labute approximate surface area is 106 Å². The van der Waals surface area contributed by atoms with E-state index in [0.717, 1.165) is 4.47 Å². The van der Waals surface area contributed by atoms with Gasteiger partial charge in [-0.15, -0.1) is 0 Å². The van der Waals surface area contributed by atoms with Gasteiger partial charge in [-0.05, 0) is 28.1 Å². The molecule has 0 atom stereocenters. The number of aromatic nitrogens is 2. The van der Waals surface area contributed by atoms with Gasteiger partial charge in [0.15, 0.2) is 0 Å². The predicted molar refractivity (Wildman–Crippen MR) is 64.8 cm³/mol. The standard InChI is InChI=1S/C11H8BrN3O2/c12-7-3-9(6-14-5-7)17-8-1-2-15-10(4-8)11(13)16/h1-6H,(H2,13,16). The summed E-state index contributed by atoms with van der Waals surface area (Å²) in [7, 11) is 0. The number of carbonyl (C=O) groups is 1. The molecular formula is C11H8BrN3O2. The van der Waals surface area contributed by atoms with Crippen molar-refractivity contribution in [3.63, 3.8) is 0 Å². The van der Waals surface area contributed by atoms with E-state index in [1.54, 1.807) is 24.5 Å². The Morgan fingerprint density at radius 3 is 2.82 bits per heavy atom. The van der Waals surface area contributed by atoms with E-state index in [-0.39, 0.29) is 5.69 Å². The molecule has 2 rings (SSSR count). The minimum Gasteiger partial charge on any atom is -0.456 e. The van der Waals surface area contributed by atoms with Crippen LogP contribution in [-0.2, 0) is 0 Å². The van der Waals surface area contributed by atoms with E-state index in [4.69, 9.17) is 10.5 Å². The molecule has 0 aliphatic carbocycles. The van der Waals surface area contributed by atoms with Gasteiger partial charge >= 0.3 is 0 Å². The van der Waals surface area contributed by atoms with Gasteiger partial charge in [-0.1, -0.05) is 0 Å². The summed E-state index contributed by atoms with van der Waals surface area (Å²) < 4.78 is 6.31. The highest BCUT2D eigenvalue weighted by molar-refractivity contribution is 9.10. The molecule has 1 amide bonds. The number of ether oxygens (including phenoxy) is 1. The maximum absolute atomic E-state index is 10.9. The van der Waals surface area contributed by atoms with Crippen molar-refractivity contribution in [2.24, 2.45) is 5.73 Å². The topological polar surface area (TPSA) is 78.1 Å². The van der Waals surface area contributed by atoms with Crippen molar-refractivity contribution < 1.29 is 9.53 Å². The molecule has 0 bridgehead atoms. The van der Waals surface area contributed by atoms with E-state index in [2.05, 4.69) is 25.9 Å². The Bertz CT molecular complexity index is 560. The van der Waals surface area contributed by atoms with Crippen LogP contribution in [0.1, 0.15) is 10.5 Å². The van der Waals surface area contributed by atoms with Crippen LogP contribution in [0.15, 0.2) is 41.3 Å². The summed E-state index contributed by atoms with van der Waals surface area (Å²) in [5.74, 6) is 0.442. The lowest BCUT2D eigenvalue weighted by Crippen LogP contribution is -2.12. The first kappa shape index (κ1) is 11.5. The predicted octanol–water partition coefficient (Wildman–Crippen LogP) is 2.13. The molecule has 0 aliphatic rings. The second-order valence-electron chi connectivity index (χ2n) is 3.18. The molecule has 0 aliphatic heterocycles. The summed E-state index contributed by atoms with van der Waals surface area (Å²) in [6.45, 7) is 0. The summed E-state index contributed by atoms with van der Waals surface area (Å²) in [6, 6.07) is 4.87. The molecule has 0 unspecified atom stereocenters. The Kier molecular flexibility index (Phi) is 3.34. The van der Waals surface area contributed by atoms with E-state index in [1.165, 1.54) is 12.3 Å². The smallest absolute Gasteiger partial charge is 0.267 e. The number of amides is 1. The van der Waals surface area contributed by atoms with Gasteiger partial charge in [-0.25, -0.2) is 0 Å². The fraction of sp³-hybridized carbons (Fsp3) is 0. The van der Waals surface area contributed by atoms with Crippen molar-refractivity contribution in [3.05, 3.63) is 47.0 Å². The zero-order chi connectivity index (χ0) is 12.3. The zero-order valence-electron chi connectivity index (χ0n) is 8.63. The van der Waals surface area contributed by atoms with Gasteiger partial charge in [-0.3, -0.25) is 14.8 Å². The van der Waals surface area contributed by atoms with Gasteiger partial charge in [0.25, 0.3) is 5.91 Å². The molecule has 2 aromatic heterocycles. The van der Waals surface area contributed by atoms with Crippen molar-refractivity contribution in [1.82, 2.24) is 9.97 Å². The number of rotatable bonds is 3. The van der Waals surface area contributed by atoms with Crippen LogP contribution in [0.4, 0.5) is 0 Å². The average Bonchev–Trinajstić information content (AvgIpc) is 2.29. The SMILES string of the molecule is NC(=O)c1cc(Oc2cncc(Br)c2)ccn1. The van der Waals surface area contributed by atoms with Gasteiger partial charge in [0.05, 0.1) is 6.20 Å². The van der Waals surface area contributed by atoms with Crippen molar-refractivity contribution in [2.45, 2.75) is 0 Å². The van der Waals surface area contributed by atoms with Gasteiger partial charge in [-0.2, -0.15) is 0 Å². The molecular weight excluding hydrogens is 286 g/mol. The number of hydrogen-bond acceptors (Lipinski definition) is 4. The van der Waals surface area contributed by atoms with Crippen LogP contribution in [0, 0.1) is 0 Å². The number of pyridine rings is 2. The van der Waals surface area contributed by atoms with Gasteiger partial charge in [0.1, 0.15) is 17.2 Å². The summed E-state index contributed by atoms with van der Waals surface area (Å²) in [5, 5.41) is 0. The van der Waals surface area contributed by atoms with Crippen molar-refractivity contribution in [1.29, 1.82) is 0 Å². The Morgan fingerprint density at radius 2 is 2.12 bits per heavy atom. The van der Waals surface area contributed by atoms with E-state index in [9.17, 15) is 4.79 Å². The molecule has 2 N–H and O–H groups in total. The maximum atomic E-state index is 10.9. The van der Waals surface area contributed by atoms with E-state index in [1.807, 2.05) is 0 Å². The van der Waals surface area contributed by atoms with Crippen LogP contribution in [0.2, 0.25) is 0 Å². The molecule has 17 heavy (non-hydrogen) atoms. The molecule has 5 nitrogen and oxygen atoms in total. The minimum absolute atomic E-state index is 0.158. The number of carbonyl (C=O) groups excluding carboxylic acids is 1. The molecule has 0 fully saturated rings. The van der Waals surface area contributed by atoms with Gasteiger partial charge in [0.2, 0.25) is 0 Å². The molecule has 0 saturated heterocycles. The van der Waals surface area contributed by atoms with Gasteiger partial charge in [0, 0.05) is 22.9 Å². The highest BCUT2D eigenvalue weighted by Crippen LogP contribution is 2.23. The molecule has 0 radical (unpaired) electrons. The molecule has 2 aromatic rings. The average molecular weight is 294 g/mol. The lowest BCUT2D eigenvalue weighted by atomic mass is 10.3. The molecule has 2 heterocycles. The molecule has 6 heteroatoms. The number of hydrogen-bond donors (Lipinski definition) is 1. The summed E-state index contributed by atoms with van der Waals surface area (Å²) in [6.07, 6.45) is 4.67. The first-order valence-electron chi connectivity index (χ1n) is 4.69. The van der Waals surface area contributed by atoms with Crippen molar-refractivity contribution in [2.75, 3.05) is 0 Å². The van der Waals surface area contributed by atoms with Crippen LogP contribution in [-0.4, -0.2) is 15.9 Å². The third-order valence-corrected chi connectivity index (χ3v) is 2.33. The fourth-order valence-electron chi connectivity index (χ4n) is 1.19. The lowest BCUT2D eigenvalue weighted by molar-refractivity contribution is 0.0995. The van der Waals surface area contributed by atoms with Gasteiger partial charge < -0.3 is 10.5 Å². The Balaban J connectivity index is 2.24. The van der Waals surface area contributed by atoms with Crippen LogP contribution >= 0.6 is 15.9 Å². The number of nitrogens with two attached hydrogens (primary N) is 1. The molecule has 0 spiro atoms. The number of nitrogens with zero attached hydrogens (tertiary/aromatic N) is 2. The van der Waals surface area contributed by atoms with Crippen LogP contribution < -0.4 is 10.5 Å². The summed E-state index contributed by atoms with van der Waals surface area (Å²) >= 11 is 3.28. The van der Waals surface area contributed by atoms with Crippen molar-refractivity contribution >= 4 is 21.8 Å². The zero-order valence-corrected chi connectivity index (χ0v) is 10.2. The Hall–Kier alpha value is -1.95. The third-order valence-electron chi connectivity index (χ3n) is 1.90. The lowest BCUT2D eigenvalue weighted by Gasteiger charge is -2.05. The molecule has 0 aromatic carbocycles. The molecule has 0 saturated carbocycles. The van der Waals surface area contributed by atoms with E-state index >= 15 is 0 Å². The second-order valence-corrected chi connectivity index (χ2v) is 4.10. The summed E-state index contributed by atoms with van der Waals surface area (Å²) in [5.41, 5.74) is 5.28.